The number of rotatable bonds is 3. The van der Waals surface area contributed by atoms with Crippen molar-refractivity contribution in [1.82, 2.24) is 4.72 Å². The Bertz CT molecular complexity index is 77.7. The molecule has 0 saturated carbocycles. The number of aliphatic hydroxyl groups excluding tert-OH is 1. The van der Waals surface area contributed by atoms with Crippen molar-refractivity contribution in [2.75, 3.05) is 12.4 Å². The lowest BCUT2D eigenvalue weighted by atomic mass is 10.9. The first-order valence-corrected chi connectivity index (χ1v) is 3.04. The minimum Gasteiger partial charge on any atom is -0.395 e. The Morgan fingerprint density at radius 1 is 1.88 bits per heavy atom. The highest BCUT2D eigenvalue weighted by Gasteiger charge is 1.87. The monoisotopic (exact) mass is 136 g/mol. The molecule has 5 heteroatoms. The van der Waals surface area contributed by atoms with Gasteiger partial charge >= 0.3 is 6.03 Å². The molecule has 0 aromatic carbocycles. The Balaban J connectivity index is 2.82. The molecule has 0 heterocycles. The van der Waals surface area contributed by atoms with Crippen LogP contribution in [0.5, 0.6) is 0 Å². The fourth-order valence-electron chi connectivity index (χ4n) is 0.168. The van der Waals surface area contributed by atoms with Gasteiger partial charge in [-0.2, -0.15) is 0 Å². The number of urea groups is 1. The van der Waals surface area contributed by atoms with Crippen molar-refractivity contribution in [3.8, 4) is 0 Å². The molecule has 4 N–H and O–H groups in total. The zero-order chi connectivity index (χ0) is 6.41. The van der Waals surface area contributed by atoms with Crippen LogP contribution in [0, 0.1) is 0 Å². The van der Waals surface area contributed by atoms with Gasteiger partial charge in [0, 0.05) is 5.75 Å². The Morgan fingerprint density at radius 2 is 2.50 bits per heavy atom. The third-order valence-corrected chi connectivity index (χ3v) is 1.10. The van der Waals surface area contributed by atoms with E-state index in [1.54, 1.807) is 0 Å². The molecule has 0 spiro atoms. The number of nitrogens with two attached hydrogens (primary N) is 1. The van der Waals surface area contributed by atoms with E-state index in [9.17, 15) is 4.79 Å². The fraction of sp³-hybridized carbons (Fsp3) is 0.667. The molecule has 0 saturated heterocycles. The molecule has 2 amide bonds. The number of primary amides is 1. The van der Waals surface area contributed by atoms with Gasteiger partial charge in [-0.1, -0.05) is 0 Å². The van der Waals surface area contributed by atoms with Gasteiger partial charge in [0.25, 0.3) is 0 Å². The lowest BCUT2D eigenvalue weighted by molar-refractivity contribution is 0.254. The lowest BCUT2D eigenvalue weighted by Gasteiger charge is -1.94. The molecule has 0 rings (SSSR count). The van der Waals surface area contributed by atoms with Gasteiger partial charge in [0.05, 0.1) is 6.61 Å². The molecule has 0 bridgehead atoms. The number of carbonyl (C=O) groups is 1. The van der Waals surface area contributed by atoms with Gasteiger partial charge in [0.1, 0.15) is 0 Å². The van der Waals surface area contributed by atoms with E-state index < -0.39 is 6.03 Å². The van der Waals surface area contributed by atoms with E-state index in [-0.39, 0.29) is 6.61 Å². The van der Waals surface area contributed by atoms with Crippen molar-refractivity contribution >= 4 is 18.0 Å². The first-order valence-electron chi connectivity index (χ1n) is 2.05. The molecule has 0 aromatic rings. The molecule has 0 aliphatic rings. The van der Waals surface area contributed by atoms with Crippen LogP contribution in [0.3, 0.4) is 0 Å². The largest absolute Gasteiger partial charge is 0.395 e. The maximum atomic E-state index is 9.88. The number of nitrogens with one attached hydrogen (secondary N) is 1. The second kappa shape index (κ2) is 4.73. The summed E-state index contributed by atoms with van der Waals surface area (Å²) in [5, 5.41) is 8.17. The van der Waals surface area contributed by atoms with Crippen LogP contribution in [0.15, 0.2) is 0 Å². The zero-order valence-electron chi connectivity index (χ0n) is 4.26. The lowest BCUT2D eigenvalue weighted by Crippen LogP contribution is -2.23. The van der Waals surface area contributed by atoms with E-state index in [1.807, 2.05) is 0 Å². The highest BCUT2D eigenvalue weighted by atomic mass is 32.2. The summed E-state index contributed by atoms with van der Waals surface area (Å²) in [5.74, 6) is 0.475. The third kappa shape index (κ3) is 5.58. The van der Waals surface area contributed by atoms with Gasteiger partial charge in [-0.25, -0.2) is 4.79 Å². The number of hydrogen-bond donors (Lipinski definition) is 3. The average Bonchev–Trinajstić information content (AvgIpc) is 1.66. The van der Waals surface area contributed by atoms with Crippen molar-refractivity contribution < 1.29 is 9.90 Å². The summed E-state index contributed by atoms with van der Waals surface area (Å²) < 4.78 is 2.24. The SMILES string of the molecule is NC(=O)NSCCO. The zero-order valence-corrected chi connectivity index (χ0v) is 5.07. The molecule has 0 aromatic heterocycles. The topological polar surface area (TPSA) is 75.4 Å². The fourth-order valence-corrected chi connectivity index (χ4v) is 0.503. The van der Waals surface area contributed by atoms with Crippen molar-refractivity contribution in [2.24, 2.45) is 5.73 Å². The number of hydrogen-bond acceptors (Lipinski definition) is 3. The Morgan fingerprint density at radius 3 is 2.88 bits per heavy atom. The summed E-state index contributed by atoms with van der Waals surface area (Å²) >= 11 is 1.09. The first-order chi connectivity index (χ1) is 3.77. The summed E-state index contributed by atoms with van der Waals surface area (Å²) in [6, 6.07) is -0.580. The van der Waals surface area contributed by atoms with Gasteiger partial charge in [-0.05, 0) is 11.9 Å². The average molecular weight is 136 g/mol. The van der Waals surface area contributed by atoms with Crippen molar-refractivity contribution in [2.45, 2.75) is 0 Å². The molecular formula is C3H8N2O2S. The van der Waals surface area contributed by atoms with Gasteiger partial charge in [-0.3, -0.25) is 4.72 Å². The summed E-state index contributed by atoms with van der Waals surface area (Å²) in [6.45, 7) is 0.0466. The third-order valence-electron chi connectivity index (χ3n) is 0.366. The van der Waals surface area contributed by atoms with Crippen LogP contribution < -0.4 is 10.5 Å². The van der Waals surface area contributed by atoms with E-state index in [0.29, 0.717) is 5.75 Å². The minimum absolute atomic E-state index is 0.0466. The highest BCUT2D eigenvalue weighted by molar-refractivity contribution is 7.97. The van der Waals surface area contributed by atoms with E-state index >= 15 is 0 Å². The van der Waals surface area contributed by atoms with E-state index in [1.165, 1.54) is 0 Å². The van der Waals surface area contributed by atoms with Crippen LogP contribution in [-0.2, 0) is 0 Å². The minimum atomic E-state index is -0.580. The molecule has 48 valence electrons. The Kier molecular flexibility index (Phi) is 4.48. The maximum absolute atomic E-state index is 9.88. The van der Waals surface area contributed by atoms with Crippen LogP contribution in [0.1, 0.15) is 0 Å². The van der Waals surface area contributed by atoms with Gasteiger partial charge in [0.15, 0.2) is 0 Å². The van der Waals surface area contributed by atoms with Crippen LogP contribution in [0.2, 0.25) is 0 Å². The summed E-state index contributed by atoms with van der Waals surface area (Å²) in [6.07, 6.45) is 0. The predicted molar refractivity (Wildman–Crippen MR) is 32.3 cm³/mol. The van der Waals surface area contributed by atoms with Crippen molar-refractivity contribution in [1.29, 1.82) is 0 Å². The van der Waals surface area contributed by atoms with E-state index in [2.05, 4.69) is 10.5 Å². The van der Waals surface area contributed by atoms with Crippen molar-refractivity contribution in [3.05, 3.63) is 0 Å². The highest BCUT2D eigenvalue weighted by Crippen LogP contribution is 1.87. The standard InChI is InChI=1S/C3H8N2O2S/c4-3(7)5-8-2-1-6/h6H,1-2H2,(H3,4,5,7). The van der Waals surface area contributed by atoms with Gasteiger partial charge < -0.3 is 10.8 Å². The van der Waals surface area contributed by atoms with Gasteiger partial charge in [-0.15, -0.1) is 0 Å². The second-order valence-corrected chi connectivity index (χ2v) is 1.94. The van der Waals surface area contributed by atoms with E-state index in [0.717, 1.165) is 11.9 Å². The number of carbonyl (C=O) groups excluding carboxylic acids is 1. The summed E-state index contributed by atoms with van der Waals surface area (Å²) in [4.78, 5) is 9.88. The molecule has 0 aliphatic heterocycles. The van der Waals surface area contributed by atoms with E-state index in [4.69, 9.17) is 5.11 Å². The molecule has 0 unspecified atom stereocenters. The first kappa shape index (κ1) is 7.58. The molecule has 0 fully saturated rings. The molecule has 0 atom stereocenters. The number of amides is 2. The van der Waals surface area contributed by atoms with Crippen LogP contribution in [0.4, 0.5) is 4.79 Å². The Labute approximate surface area is 51.6 Å². The quantitative estimate of drug-likeness (QED) is 0.354. The summed E-state index contributed by atoms with van der Waals surface area (Å²) in [5.41, 5.74) is 4.68. The number of aliphatic hydroxyl groups is 1. The van der Waals surface area contributed by atoms with Crippen LogP contribution in [-0.4, -0.2) is 23.5 Å². The smallest absolute Gasteiger partial charge is 0.322 e. The van der Waals surface area contributed by atoms with Crippen LogP contribution >= 0.6 is 11.9 Å². The molecule has 8 heavy (non-hydrogen) atoms. The molecule has 0 radical (unpaired) electrons. The predicted octanol–water partition coefficient (Wildman–Crippen LogP) is -0.705. The maximum Gasteiger partial charge on any atom is 0.322 e. The molecule has 4 nitrogen and oxygen atoms in total. The second-order valence-electron chi connectivity index (χ2n) is 1.04. The molecular weight excluding hydrogens is 128 g/mol. The van der Waals surface area contributed by atoms with Crippen molar-refractivity contribution in [3.63, 3.8) is 0 Å². The van der Waals surface area contributed by atoms with Crippen LogP contribution in [0.25, 0.3) is 0 Å². The van der Waals surface area contributed by atoms with Gasteiger partial charge in [0.2, 0.25) is 0 Å². The summed E-state index contributed by atoms with van der Waals surface area (Å²) in [7, 11) is 0. The Hall–Kier alpha value is -0.420. The molecule has 0 aliphatic carbocycles. The normalized spacial score (nSPS) is 8.62.